The van der Waals surface area contributed by atoms with Crippen molar-refractivity contribution in [2.45, 2.75) is 116 Å². The average molecular weight is 285 g/mol. The summed E-state index contributed by atoms with van der Waals surface area (Å²) >= 11 is 0. The molecule has 0 atom stereocenters. The molecule has 0 aromatic carbocycles. The highest BCUT2D eigenvalue weighted by molar-refractivity contribution is 4.49. The second-order valence-corrected chi connectivity index (χ2v) is 6.51. The molecule has 0 fully saturated rings. The van der Waals surface area contributed by atoms with E-state index in [-0.39, 0.29) is 0 Å². The molecule has 0 unspecified atom stereocenters. The maximum atomic E-state index is 3.89. The maximum Gasteiger partial charge on any atom is 0.0739 e. The first-order valence-electron chi connectivity index (χ1n) is 9.71. The minimum absolute atomic E-state index is 1.12. The molecule has 0 saturated carbocycles. The Bertz CT molecular complexity index is 138. The SMILES string of the molecule is CCCCCCCCCCCCCCCCCCC[NH3+]. The molecule has 0 radical (unpaired) electrons. The van der Waals surface area contributed by atoms with Crippen LogP contribution in [0.2, 0.25) is 0 Å². The molecular formula is C19H42N+. The van der Waals surface area contributed by atoms with E-state index in [1.807, 2.05) is 0 Å². The fraction of sp³-hybridized carbons (Fsp3) is 1.00. The molecule has 0 aromatic heterocycles. The molecule has 0 aromatic rings. The summed E-state index contributed by atoms with van der Waals surface area (Å²) in [5.74, 6) is 0. The highest BCUT2D eigenvalue weighted by Crippen LogP contribution is 2.13. The summed E-state index contributed by atoms with van der Waals surface area (Å²) in [6.07, 6.45) is 24.7. The molecule has 0 aliphatic heterocycles. The number of hydrogen-bond donors (Lipinski definition) is 1. The molecule has 0 rings (SSSR count). The Morgan fingerprint density at radius 3 is 0.900 bits per heavy atom. The normalized spacial score (nSPS) is 11.1. The Morgan fingerprint density at radius 1 is 0.400 bits per heavy atom. The topological polar surface area (TPSA) is 27.6 Å². The van der Waals surface area contributed by atoms with Crippen molar-refractivity contribution in [2.24, 2.45) is 0 Å². The molecule has 20 heavy (non-hydrogen) atoms. The third-order valence-electron chi connectivity index (χ3n) is 4.35. The van der Waals surface area contributed by atoms with Crippen LogP contribution < -0.4 is 5.73 Å². The van der Waals surface area contributed by atoms with Crippen LogP contribution in [0.1, 0.15) is 116 Å². The average Bonchev–Trinajstić information content (AvgIpc) is 2.47. The van der Waals surface area contributed by atoms with Gasteiger partial charge in [-0.15, -0.1) is 0 Å². The van der Waals surface area contributed by atoms with E-state index in [0.717, 1.165) is 6.54 Å². The van der Waals surface area contributed by atoms with Gasteiger partial charge in [-0.1, -0.05) is 103 Å². The monoisotopic (exact) mass is 284 g/mol. The molecule has 1 nitrogen and oxygen atoms in total. The van der Waals surface area contributed by atoms with Crippen LogP contribution in [0, 0.1) is 0 Å². The molecule has 0 saturated heterocycles. The molecule has 0 heterocycles. The van der Waals surface area contributed by atoms with Crippen LogP contribution in [0.5, 0.6) is 0 Å². The van der Waals surface area contributed by atoms with Crippen molar-refractivity contribution >= 4 is 0 Å². The summed E-state index contributed by atoms with van der Waals surface area (Å²) in [5, 5.41) is 0. The Balaban J connectivity index is 2.89. The Kier molecular flexibility index (Phi) is 18.9. The van der Waals surface area contributed by atoms with Gasteiger partial charge in [-0.3, -0.25) is 0 Å². The lowest BCUT2D eigenvalue weighted by atomic mass is 10.0. The summed E-state index contributed by atoms with van der Waals surface area (Å²) in [4.78, 5) is 0. The lowest BCUT2D eigenvalue weighted by Gasteiger charge is -2.03. The highest BCUT2D eigenvalue weighted by Gasteiger charge is 1.94. The number of hydrogen-bond acceptors (Lipinski definition) is 0. The van der Waals surface area contributed by atoms with Gasteiger partial charge in [-0.25, -0.2) is 0 Å². The zero-order valence-electron chi connectivity index (χ0n) is 14.4. The minimum atomic E-state index is 1.12. The van der Waals surface area contributed by atoms with E-state index < -0.39 is 0 Å². The maximum absolute atomic E-state index is 3.89. The van der Waals surface area contributed by atoms with Gasteiger partial charge in [-0.2, -0.15) is 0 Å². The van der Waals surface area contributed by atoms with Crippen LogP contribution in [-0.2, 0) is 0 Å². The summed E-state index contributed by atoms with van der Waals surface area (Å²) in [6, 6.07) is 0. The van der Waals surface area contributed by atoms with E-state index in [1.165, 1.54) is 109 Å². The van der Waals surface area contributed by atoms with Gasteiger partial charge in [0, 0.05) is 0 Å². The molecular weight excluding hydrogens is 242 g/mol. The number of rotatable bonds is 17. The van der Waals surface area contributed by atoms with E-state index in [1.54, 1.807) is 0 Å². The standard InChI is InChI=1S/C19H41N/c1-2-3-4-5-6-7-8-9-10-11-12-13-14-15-16-17-18-19-20/h2-20H2,1H3/p+1. The van der Waals surface area contributed by atoms with Crippen LogP contribution in [0.3, 0.4) is 0 Å². The van der Waals surface area contributed by atoms with Crippen molar-refractivity contribution in [2.75, 3.05) is 6.54 Å². The summed E-state index contributed by atoms with van der Waals surface area (Å²) in [5.41, 5.74) is 3.89. The Hall–Kier alpha value is -0.0400. The largest absolute Gasteiger partial charge is 0.358 e. The van der Waals surface area contributed by atoms with Gasteiger partial charge >= 0.3 is 0 Å². The Labute approximate surface area is 129 Å². The van der Waals surface area contributed by atoms with Gasteiger partial charge in [0.15, 0.2) is 0 Å². The van der Waals surface area contributed by atoms with E-state index in [0.29, 0.717) is 0 Å². The minimum Gasteiger partial charge on any atom is -0.358 e. The summed E-state index contributed by atoms with van der Waals surface area (Å²) < 4.78 is 0. The third kappa shape index (κ3) is 18.0. The molecule has 1 heteroatoms. The van der Waals surface area contributed by atoms with E-state index in [4.69, 9.17) is 0 Å². The first kappa shape index (κ1) is 20.0. The molecule has 0 aliphatic carbocycles. The summed E-state index contributed by atoms with van der Waals surface area (Å²) in [7, 11) is 0. The van der Waals surface area contributed by atoms with Gasteiger partial charge in [0.25, 0.3) is 0 Å². The third-order valence-corrected chi connectivity index (χ3v) is 4.35. The molecule has 0 amide bonds. The Morgan fingerprint density at radius 2 is 0.650 bits per heavy atom. The van der Waals surface area contributed by atoms with Gasteiger partial charge in [-0.05, 0) is 12.8 Å². The highest BCUT2D eigenvalue weighted by atomic mass is 14.5. The zero-order valence-corrected chi connectivity index (χ0v) is 14.4. The quantitative estimate of drug-likeness (QED) is 0.323. The van der Waals surface area contributed by atoms with Crippen LogP contribution in [0.4, 0.5) is 0 Å². The molecule has 0 bridgehead atoms. The molecule has 0 aliphatic rings. The fourth-order valence-corrected chi connectivity index (χ4v) is 2.90. The van der Waals surface area contributed by atoms with Crippen LogP contribution in [0.25, 0.3) is 0 Å². The molecule has 0 spiro atoms. The smallest absolute Gasteiger partial charge is 0.0739 e. The van der Waals surface area contributed by atoms with Crippen molar-refractivity contribution in [3.8, 4) is 0 Å². The molecule has 122 valence electrons. The predicted molar refractivity (Wildman–Crippen MR) is 91.9 cm³/mol. The lowest BCUT2D eigenvalue weighted by molar-refractivity contribution is -0.368. The van der Waals surface area contributed by atoms with Gasteiger partial charge < -0.3 is 5.73 Å². The van der Waals surface area contributed by atoms with Crippen LogP contribution in [0.15, 0.2) is 0 Å². The van der Waals surface area contributed by atoms with E-state index in [2.05, 4.69) is 12.7 Å². The first-order chi connectivity index (χ1) is 9.91. The second-order valence-electron chi connectivity index (χ2n) is 6.51. The summed E-state index contributed by atoms with van der Waals surface area (Å²) in [6.45, 7) is 3.42. The van der Waals surface area contributed by atoms with Gasteiger partial charge in [0.2, 0.25) is 0 Å². The number of quaternary nitrogens is 1. The van der Waals surface area contributed by atoms with Crippen molar-refractivity contribution in [1.29, 1.82) is 0 Å². The van der Waals surface area contributed by atoms with Crippen LogP contribution >= 0.6 is 0 Å². The zero-order chi connectivity index (χ0) is 14.7. The van der Waals surface area contributed by atoms with Crippen molar-refractivity contribution in [3.63, 3.8) is 0 Å². The van der Waals surface area contributed by atoms with E-state index in [9.17, 15) is 0 Å². The van der Waals surface area contributed by atoms with Gasteiger partial charge in [0.1, 0.15) is 0 Å². The van der Waals surface area contributed by atoms with Gasteiger partial charge in [0.05, 0.1) is 6.54 Å². The second kappa shape index (κ2) is 19.0. The number of unbranched alkanes of at least 4 members (excludes halogenated alkanes) is 16. The van der Waals surface area contributed by atoms with Crippen LogP contribution in [-0.4, -0.2) is 6.54 Å². The van der Waals surface area contributed by atoms with Crippen molar-refractivity contribution < 1.29 is 5.73 Å². The lowest BCUT2D eigenvalue weighted by Crippen LogP contribution is -2.50. The van der Waals surface area contributed by atoms with Crippen molar-refractivity contribution in [3.05, 3.63) is 0 Å². The molecule has 3 N–H and O–H groups in total. The van der Waals surface area contributed by atoms with E-state index >= 15 is 0 Å². The first-order valence-corrected chi connectivity index (χ1v) is 9.71. The fourth-order valence-electron chi connectivity index (χ4n) is 2.90. The predicted octanol–water partition coefficient (Wildman–Crippen LogP) is 5.88. The van der Waals surface area contributed by atoms with Crippen molar-refractivity contribution in [1.82, 2.24) is 0 Å².